The van der Waals surface area contributed by atoms with Gasteiger partial charge in [0.25, 0.3) is 15.9 Å². The number of hydrogen-bond acceptors (Lipinski definition) is 6. The van der Waals surface area contributed by atoms with Gasteiger partial charge in [-0.1, -0.05) is 17.7 Å². The van der Waals surface area contributed by atoms with Crippen molar-refractivity contribution in [3.8, 4) is 0 Å². The number of carbonyl (C=O) groups excluding carboxylic acids is 1. The van der Waals surface area contributed by atoms with Gasteiger partial charge in [-0.15, -0.1) is 11.8 Å². The fourth-order valence-corrected chi connectivity index (χ4v) is 5.76. The number of thioether (sulfide) groups is 1. The summed E-state index contributed by atoms with van der Waals surface area (Å²) in [5.74, 6) is 0.0706. The minimum atomic E-state index is -3.74. The van der Waals surface area contributed by atoms with E-state index in [2.05, 4.69) is 22.8 Å². The van der Waals surface area contributed by atoms with Gasteiger partial charge in [-0.3, -0.25) is 4.79 Å². The molecule has 7 nitrogen and oxygen atoms in total. The average molecular weight is 520 g/mol. The van der Waals surface area contributed by atoms with Crippen LogP contribution in [-0.4, -0.2) is 44.0 Å². The molecule has 0 atom stereocenters. The third-order valence-corrected chi connectivity index (χ3v) is 8.41. The molecule has 1 aromatic heterocycles. The van der Waals surface area contributed by atoms with Gasteiger partial charge in [-0.25, -0.2) is 8.42 Å². The van der Waals surface area contributed by atoms with Crippen molar-refractivity contribution in [3.05, 3.63) is 77.0 Å². The Labute approximate surface area is 208 Å². The van der Waals surface area contributed by atoms with Crippen LogP contribution >= 0.6 is 23.4 Å². The van der Waals surface area contributed by atoms with Crippen LogP contribution in [0.15, 0.2) is 75.1 Å². The lowest BCUT2D eigenvalue weighted by Gasteiger charge is -2.31. The van der Waals surface area contributed by atoms with Crippen molar-refractivity contribution in [1.82, 2.24) is 9.62 Å². The maximum atomic E-state index is 13.0. The molecule has 4 rings (SSSR count). The first-order chi connectivity index (χ1) is 16.3. The van der Waals surface area contributed by atoms with Crippen LogP contribution in [0.25, 0.3) is 0 Å². The molecule has 34 heavy (non-hydrogen) atoms. The number of benzene rings is 2. The summed E-state index contributed by atoms with van der Waals surface area (Å²) in [6, 6.07) is 17.9. The van der Waals surface area contributed by atoms with E-state index in [4.69, 9.17) is 16.0 Å². The highest BCUT2D eigenvalue weighted by Crippen LogP contribution is 2.25. The summed E-state index contributed by atoms with van der Waals surface area (Å²) in [6.45, 7) is 0.898. The number of nitrogens with one attached hydrogen (secondary N) is 2. The van der Waals surface area contributed by atoms with Crippen molar-refractivity contribution >= 4 is 45.0 Å². The zero-order valence-electron chi connectivity index (χ0n) is 18.7. The van der Waals surface area contributed by atoms with Crippen molar-refractivity contribution in [2.75, 3.05) is 24.7 Å². The first kappa shape index (κ1) is 24.7. The lowest BCUT2D eigenvalue weighted by molar-refractivity contribution is 0.0947. The van der Waals surface area contributed by atoms with Crippen molar-refractivity contribution in [1.29, 1.82) is 0 Å². The third kappa shape index (κ3) is 5.96. The SMILES string of the molecule is CSc1cccc(NC2CCN(S(=O)(=O)c3ccc(CNC(=O)c4ccc(Cl)cc4)o3)CC2)c1. The second-order valence-corrected chi connectivity index (χ2v) is 11.1. The molecule has 2 heterocycles. The molecule has 2 N–H and O–H groups in total. The second kappa shape index (κ2) is 10.9. The summed E-state index contributed by atoms with van der Waals surface area (Å²) in [5.41, 5.74) is 1.50. The van der Waals surface area contributed by atoms with E-state index in [0.29, 0.717) is 42.3 Å². The number of halogens is 1. The standard InChI is InChI=1S/C24H26ClN3O4S2/c1-33-22-4-2-3-20(15-22)27-19-11-13-28(14-12-19)34(30,31)23-10-9-21(32-23)16-26-24(29)17-5-7-18(25)8-6-17/h2-10,15,19,27H,11-14,16H2,1H3,(H,26,29). The zero-order valence-corrected chi connectivity index (χ0v) is 21.0. The lowest BCUT2D eigenvalue weighted by Crippen LogP contribution is -2.42. The molecular weight excluding hydrogens is 494 g/mol. The van der Waals surface area contributed by atoms with Gasteiger partial charge in [0.1, 0.15) is 5.76 Å². The molecule has 1 fully saturated rings. The van der Waals surface area contributed by atoms with E-state index < -0.39 is 10.0 Å². The van der Waals surface area contributed by atoms with Gasteiger partial charge in [0.2, 0.25) is 5.09 Å². The number of piperidine rings is 1. The number of amides is 1. The van der Waals surface area contributed by atoms with Gasteiger partial charge in [0.05, 0.1) is 6.54 Å². The summed E-state index contributed by atoms with van der Waals surface area (Å²) in [5, 5.41) is 6.67. The Morgan fingerprint density at radius 1 is 1.12 bits per heavy atom. The monoisotopic (exact) mass is 519 g/mol. The number of sulfonamides is 1. The summed E-state index contributed by atoms with van der Waals surface area (Å²) >= 11 is 7.53. The second-order valence-electron chi connectivity index (χ2n) is 7.96. The Morgan fingerprint density at radius 2 is 1.85 bits per heavy atom. The highest BCUT2D eigenvalue weighted by atomic mass is 35.5. The van der Waals surface area contributed by atoms with Gasteiger partial charge >= 0.3 is 0 Å². The van der Waals surface area contributed by atoms with Gasteiger partial charge in [0.15, 0.2) is 0 Å². The maximum Gasteiger partial charge on any atom is 0.276 e. The predicted octanol–water partition coefficient (Wildman–Crippen LogP) is 4.85. The van der Waals surface area contributed by atoms with E-state index in [1.165, 1.54) is 15.3 Å². The van der Waals surface area contributed by atoms with Gasteiger partial charge < -0.3 is 15.1 Å². The lowest BCUT2D eigenvalue weighted by atomic mass is 10.1. The molecule has 1 amide bonds. The molecule has 1 aliphatic heterocycles. The largest absolute Gasteiger partial charge is 0.446 e. The number of furan rings is 1. The molecule has 10 heteroatoms. The van der Waals surface area contributed by atoms with E-state index in [1.54, 1.807) is 42.1 Å². The first-order valence-corrected chi connectivity index (χ1v) is 13.9. The molecule has 0 radical (unpaired) electrons. The molecule has 1 saturated heterocycles. The first-order valence-electron chi connectivity index (χ1n) is 10.9. The van der Waals surface area contributed by atoms with Crippen LogP contribution in [0.5, 0.6) is 0 Å². The van der Waals surface area contributed by atoms with Crippen LogP contribution in [-0.2, 0) is 16.6 Å². The normalized spacial score (nSPS) is 15.2. The van der Waals surface area contributed by atoms with Gasteiger partial charge in [0, 0.05) is 40.3 Å². The molecule has 1 aliphatic rings. The van der Waals surface area contributed by atoms with Crippen molar-refractivity contribution in [2.45, 2.75) is 35.4 Å². The van der Waals surface area contributed by atoms with E-state index in [0.717, 1.165) is 5.69 Å². The maximum absolute atomic E-state index is 13.0. The highest BCUT2D eigenvalue weighted by molar-refractivity contribution is 7.98. The summed E-state index contributed by atoms with van der Waals surface area (Å²) < 4.78 is 33.1. The number of anilines is 1. The van der Waals surface area contributed by atoms with Crippen LogP contribution in [0.1, 0.15) is 29.0 Å². The molecule has 0 aliphatic carbocycles. The zero-order chi connectivity index (χ0) is 24.1. The Hall–Kier alpha value is -2.46. The highest BCUT2D eigenvalue weighted by Gasteiger charge is 2.31. The van der Waals surface area contributed by atoms with Crippen molar-refractivity contribution < 1.29 is 17.6 Å². The molecule has 0 bridgehead atoms. The molecule has 180 valence electrons. The Morgan fingerprint density at radius 3 is 2.56 bits per heavy atom. The minimum Gasteiger partial charge on any atom is -0.446 e. The van der Waals surface area contributed by atoms with E-state index >= 15 is 0 Å². The van der Waals surface area contributed by atoms with Gasteiger partial charge in [-0.2, -0.15) is 4.31 Å². The Kier molecular flexibility index (Phi) is 7.88. The fraction of sp³-hybridized carbons (Fsp3) is 0.292. The number of carbonyl (C=O) groups is 1. The molecule has 0 saturated carbocycles. The summed E-state index contributed by atoms with van der Waals surface area (Å²) in [4.78, 5) is 13.4. The Balaban J connectivity index is 1.31. The smallest absolute Gasteiger partial charge is 0.276 e. The average Bonchev–Trinajstić information content (AvgIpc) is 3.33. The molecule has 2 aromatic carbocycles. The van der Waals surface area contributed by atoms with E-state index in [9.17, 15) is 13.2 Å². The molecule has 3 aromatic rings. The summed E-state index contributed by atoms with van der Waals surface area (Å²) in [7, 11) is -3.74. The van der Waals surface area contributed by atoms with E-state index in [1.807, 2.05) is 18.4 Å². The summed E-state index contributed by atoms with van der Waals surface area (Å²) in [6.07, 6.45) is 3.44. The topological polar surface area (TPSA) is 91.7 Å². The predicted molar refractivity (Wildman–Crippen MR) is 135 cm³/mol. The van der Waals surface area contributed by atoms with Crippen LogP contribution in [0, 0.1) is 0 Å². The fourth-order valence-electron chi connectivity index (χ4n) is 3.78. The quantitative estimate of drug-likeness (QED) is 0.413. The van der Waals surface area contributed by atoms with Gasteiger partial charge in [-0.05, 0) is 73.7 Å². The minimum absolute atomic E-state index is 0.0814. The van der Waals surface area contributed by atoms with Crippen LogP contribution < -0.4 is 10.6 Å². The molecule has 0 spiro atoms. The molecular formula is C24H26ClN3O4S2. The van der Waals surface area contributed by atoms with Crippen LogP contribution in [0.4, 0.5) is 5.69 Å². The third-order valence-electron chi connectivity index (χ3n) is 5.66. The van der Waals surface area contributed by atoms with Crippen molar-refractivity contribution in [3.63, 3.8) is 0 Å². The number of hydrogen-bond donors (Lipinski definition) is 2. The van der Waals surface area contributed by atoms with Crippen LogP contribution in [0.3, 0.4) is 0 Å². The number of rotatable bonds is 8. The molecule has 0 unspecified atom stereocenters. The van der Waals surface area contributed by atoms with Crippen LogP contribution in [0.2, 0.25) is 5.02 Å². The Bertz CT molecular complexity index is 1240. The van der Waals surface area contributed by atoms with E-state index in [-0.39, 0.29) is 23.6 Å². The van der Waals surface area contributed by atoms with Crippen molar-refractivity contribution in [2.24, 2.45) is 0 Å². The number of nitrogens with zero attached hydrogens (tertiary/aromatic N) is 1.